The van der Waals surface area contributed by atoms with Crippen molar-refractivity contribution < 1.29 is 4.74 Å². The van der Waals surface area contributed by atoms with E-state index in [0.717, 1.165) is 46.6 Å². The second-order valence-corrected chi connectivity index (χ2v) is 5.54. The molecule has 0 bridgehead atoms. The number of H-pyrrole nitrogens is 1. The number of nitrogens with one attached hydrogen (secondary N) is 1. The molecule has 0 saturated heterocycles. The molecule has 1 aromatic heterocycles. The predicted molar refractivity (Wildman–Crippen MR) is 77.6 cm³/mol. The summed E-state index contributed by atoms with van der Waals surface area (Å²) < 4.78 is 5.51. The molecule has 0 atom stereocenters. The molecule has 0 fully saturated rings. The third kappa shape index (κ3) is 3.90. The van der Waals surface area contributed by atoms with Crippen molar-refractivity contribution in [3.8, 4) is 0 Å². The molecule has 0 saturated carbocycles. The van der Waals surface area contributed by atoms with E-state index in [1.807, 2.05) is 18.2 Å². The molecule has 0 radical (unpaired) electrons. The van der Waals surface area contributed by atoms with E-state index in [-0.39, 0.29) is 0 Å². The Morgan fingerprint density at radius 3 is 3.11 bits per heavy atom. The van der Waals surface area contributed by atoms with Crippen molar-refractivity contribution in [1.29, 1.82) is 0 Å². The minimum Gasteiger partial charge on any atom is -0.381 e. The van der Waals surface area contributed by atoms with E-state index in [1.165, 1.54) is 6.42 Å². The number of fused-ring (bicyclic) bond motifs is 1. The van der Waals surface area contributed by atoms with Crippen LogP contribution < -0.4 is 0 Å². The van der Waals surface area contributed by atoms with E-state index >= 15 is 0 Å². The monoisotopic (exact) mass is 284 g/mol. The van der Waals surface area contributed by atoms with Crippen LogP contribution in [-0.2, 0) is 4.74 Å². The lowest BCUT2D eigenvalue weighted by Crippen LogP contribution is -1.98. The first kappa shape index (κ1) is 13.7. The molecule has 1 N–H and O–H groups in total. The van der Waals surface area contributed by atoms with Crippen LogP contribution in [0.1, 0.15) is 19.8 Å². The molecule has 1 aromatic carbocycles. The Hall–Kier alpha value is -0.710. The average molecular weight is 285 g/mol. The molecule has 0 aliphatic heterocycles. The molecular weight excluding hydrogens is 268 g/mol. The highest BCUT2D eigenvalue weighted by Gasteiger charge is 2.03. The van der Waals surface area contributed by atoms with E-state index in [9.17, 15) is 0 Å². The smallest absolute Gasteiger partial charge is 0.166 e. The summed E-state index contributed by atoms with van der Waals surface area (Å²) in [6.45, 7) is 3.78. The second-order valence-electron chi connectivity index (χ2n) is 4.02. The van der Waals surface area contributed by atoms with Gasteiger partial charge in [-0.2, -0.15) is 0 Å². The topological polar surface area (TPSA) is 37.9 Å². The van der Waals surface area contributed by atoms with Gasteiger partial charge in [0.1, 0.15) is 0 Å². The Balaban J connectivity index is 1.81. The molecule has 0 aliphatic carbocycles. The maximum absolute atomic E-state index is 5.93. The highest BCUT2D eigenvalue weighted by molar-refractivity contribution is 7.99. The number of aromatic nitrogens is 2. The summed E-state index contributed by atoms with van der Waals surface area (Å²) in [6.07, 6.45) is 2.31. The largest absolute Gasteiger partial charge is 0.381 e. The number of benzene rings is 1. The van der Waals surface area contributed by atoms with Crippen LogP contribution in [-0.4, -0.2) is 28.9 Å². The van der Waals surface area contributed by atoms with Crippen molar-refractivity contribution >= 4 is 34.4 Å². The van der Waals surface area contributed by atoms with Crippen LogP contribution in [0.2, 0.25) is 5.02 Å². The van der Waals surface area contributed by atoms with Crippen LogP contribution in [0.15, 0.2) is 23.4 Å². The lowest BCUT2D eigenvalue weighted by molar-refractivity contribution is 0.147. The third-order valence-corrected chi connectivity index (χ3v) is 3.60. The van der Waals surface area contributed by atoms with Gasteiger partial charge in [0, 0.05) is 17.4 Å². The van der Waals surface area contributed by atoms with Crippen molar-refractivity contribution in [3.05, 3.63) is 23.2 Å². The number of unbranched alkanes of at least 4 members (excludes halogenated alkanes) is 1. The molecule has 2 rings (SSSR count). The summed E-state index contributed by atoms with van der Waals surface area (Å²) in [5, 5.41) is 1.65. The molecule has 98 valence electrons. The number of thioether (sulfide) groups is 1. The maximum Gasteiger partial charge on any atom is 0.166 e. The van der Waals surface area contributed by atoms with Gasteiger partial charge in [-0.1, -0.05) is 36.7 Å². The van der Waals surface area contributed by atoms with E-state index in [4.69, 9.17) is 16.3 Å². The molecule has 3 nitrogen and oxygen atoms in total. The number of rotatable bonds is 7. The van der Waals surface area contributed by atoms with Crippen LogP contribution in [0, 0.1) is 0 Å². The molecule has 5 heteroatoms. The fourth-order valence-electron chi connectivity index (χ4n) is 1.57. The van der Waals surface area contributed by atoms with E-state index in [2.05, 4.69) is 16.9 Å². The highest BCUT2D eigenvalue weighted by atomic mass is 35.5. The first-order valence-electron chi connectivity index (χ1n) is 6.15. The Morgan fingerprint density at radius 1 is 1.39 bits per heavy atom. The maximum atomic E-state index is 5.93. The number of hydrogen-bond acceptors (Lipinski definition) is 3. The summed E-state index contributed by atoms with van der Waals surface area (Å²) in [7, 11) is 0. The number of imidazole rings is 1. The number of nitrogens with zero attached hydrogens (tertiary/aromatic N) is 1. The van der Waals surface area contributed by atoms with Gasteiger partial charge in [0.2, 0.25) is 0 Å². The summed E-state index contributed by atoms with van der Waals surface area (Å²) >= 11 is 7.60. The SMILES string of the molecule is CCCCOCCSc1nc2ccc(Cl)cc2[nH]1. The Labute approximate surface area is 116 Å². The van der Waals surface area contributed by atoms with Gasteiger partial charge >= 0.3 is 0 Å². The second kappa shape index (κ2) is 7.02. The first-order chi connectivity index (χ1) is 8.79. The zero-order chi connectivity index (χ0) is 12.8. The molecule has 0 unspecified atom stereocenters. The zero-order valence-electron chi connectivity index (χ0n) is 10.4. The molecule has 0 spiro atoms. The Morgan fingerprint density at radius 2 is 2.28 bits per heavy atom. The van der Waals surface area contributed by atoms with Gasteiger partial charge in [-0.25, -0.2) is 4.98 Å². The average Bonchev–Trinajstić information content (AvgIpc) is 2.75. The summed E-state index contributed by atoms with van der Waals surface area (Å²) in [6, 6.07) is 5.68. The molecule has 18 heavy (non-hydrogen) atoms. The first-order valence-corrected chi connectivity index (χ1v) is 7.52. The van der Waals surface area contributed by atoms with Gasteiger partial charge in [0.15, 0.2) is 5.16 Å². The quantitative estimate of drug-likeness (QED) is 0.614. The summed E-state index contributed by atoms with van der Waals surface area (Å²) in [5.74, 6) is 0.914. The summed E-state index contributed by atoms with van der Waals surface area (Å²) in [5.41, 5.74) is 1.94. The lowest BCUT2D eigenvalue weighted by atomic mass is 10.3. The molecule has 2 aromatic rings. The van der Waals surface area contributed by atoms with Crippen LogP contribution in [0.25, 0.3) is 11.0 Å². The minimum atomic E-state index is 0.727. The Kier molecular flexibility index (Phi) is 5.35. The Bertz CT molecular complexity index is 501. The fourth-order valence-corrected chi connectivity index (χ4v) is 2.48. The predicted octanol–water partition coefficient (Wildman–Crippen LogP) is 4.13. The van der Waals surface area contributed by atoms with Gasteiger partial charge in [0.05, 0.1) is 17.6 Å². The van der Waals surface area contributed by atoms with Gasteiger partial charge in [-0.05, 0) is 24.6 Å². The van der Waals surface area contributed by atoms with Gasteiger partial charge in [-0.3, -0.25) is 0 Å². The summed E-state index contributed by atoms with van der Waals surface area (Å²) in [4.78, 5) is 7.73. The van der Waals surface area contributed by atoms with Gasteiger partial charge < -0.3 is 9.72 Å². The lowest BCUT2D eigenvalue weighted by Gasteiger charge is -2.01. The van der Waals surface area contributed by atoms with Crippen LogP contribution in [0.5, 0.6) is 0 Å². The van der Waals surface area contributed by atoms with Crippen molar-refractivity contribution in [2.45, 2.75) is 24.9 Å². The van der Waals surface area contributed by atoms with Crippen LogP contribution in [0.4, 0.5) is 0 Å². The minimum absolute atomic E-state index is 0.727. The molecular formula is C13H17ClN2OS. The van der Waals surface area contributed by atoms with Gasteiger partial charge in [-0.15, -0.1) is 0 Å². The van der Waals surface area contributed by atoms with E-state index in [1.54, 1.807) is 11.8 Å². The normalized spacial score (nSPS) is 11.2. The van der Waals surface area contributed by atoms with E-state index < -0.39 is 0 Å². The van der Waals surface area contributed by atoms with Gasteiger partial charge in [0.25, 0.3) is 0 Å². The van der Waals surface area contributed by atoms with Crippen molar-refractivity contribution in [2.75, 3.05) is 19.0 Å². The third-order valence-electron chi connectivity index (χ3n) is 2.53. The van der Waals surface area contributed by atoms with Crippen molar-refractivity contribution in [1.82, 2.24) is 9.97 Å². The standard InChI is InChI=1S/C13H17ClN2OS/c1-2-3-6-17-7-8-18-13-15-11-5-4-10(14)9-12(11)16-13/h4-5,9H,2-3,6-8H2,1H3,(H,15,16). The van der Waals surface area contributed by atoms with Crippen LogP contribution in [0.3, 0.4) is 0 Å². The highest BCUT2D eigenvalue weighted by Crippen LogP contribution is 2.21. The molecule has 1 heterocycles. The number of aromatic amines is 1. The number of hydrogen-bond donors (Lipinski definition) is 1. The van der Waals surface area contributed by atoms with Crippen LogP contribution >= 0.6 is 23.4 Å². The molecule has 0 aliphatic rings. The number of ether oxygens (including phenoxy) is 1. The van der Waals surface area contributed by atoms with Crippen molar-refractivity contribution in [2.24, 2.45) is 0 Å². The van der Waals surface area contributed by atoms with Crippen molar-refractivity contribution in [3.63, 3.8) is 0 Å². The fraction of sp³-hybridized carbons (Fsp3) is 0.462. The number of halogens is 1. The van der Waals surface area contributed by atoms with E-state index in [0.29, 0.717) is 0 Å². The molecule has 0 amide bonds. The zero-order valence-corrected chi connectivity index (χ0v) is 12.0.